The number of hydrogen-bond acceptors (Lipinski definition) is 2. The van der Waals surface area contributed by atoms with Crippen molar-refractivity contribution >= 4 is 5.91 Å². The highest BCUT2D eigenvalue weighted by Gasteiger charge is 2.25. The molecule has 1 saturated carbocycles. The zero-order chi connectivity index (χ0) is 13.8. The Hall–Kier alpha value is -1.35. The van der Waals surface area contributed by atoms with Crippen LogP contribution in [0.3, 0.4) is 0 Å². The number of benzene rings is 1. The molecule has 0 heterocycles. The van der Waals surface area contributed by atoms with Gasteiger partial charge in [-0.1, -0.05) is 26.0 Å². The third-order valence-corrected chi connectivity index (χ3v) is 3.97. The van der Waals surface area contributed by atoms with E-state index in [0.717, 1.165) is 24.0 Å². The quantitative estimate of drug-likeness (QED) is 0.878. The van der Waals surface area contributed by atoms with Gasteiger partial charge in [0.15, 0.2) is 0 Å². The van der Waals surface area contributed by atoms with E-state index in [1.54, 1.807) is 0 Å². The van der Waals surface area contributed by atoms with Gasteiger partial charge in [-0.15, -0.1) is 0 Å². The molecular weight excluding hydrogens is 236 g/mol. The molecule has 3 N–H and O–H groups in total. The van der Waals surface area contributed by atoms with E-state index in [4.69, 9.17) is 5.73 Å². The maximum absolute atomic E-state index is 12.2. The summed E-state index contributed by atoms with van der Waals surface area (Å²) >= 11 is 0. The lowest BCUT2D eigenvalue weighted by Gasteiger charge is -2.32. The van der Waals surface area contributed by atoms with E-state index < -0.39 is 0 Å². The standard InChI is InChI=1S/C16H24N2O/c1-11-7-12(2)9-15(8-11)18-16(19)14-5-3-13(10-17)4-6-14/h3-6,11-12,15H,7-10,17H2,1-2H3,(H,18,19). The second-order valence-electron chi connectivity index (χ2n) is 5.99. The van der Waals surface area contributed by atoms with Crippen molar-refractivity contribution in [1.29, 1.82) is 0 Å². The van der Waals surface area contributed by atoms with Gasteiger partial charge in [0.1, 0.15) is 0 Å². The van der Waals surface area contributed by atoms with Crippen molar-refractivity contribution in [3.63, 3.8) is 0 Å². The Bertz CT molecular complexity index is 417. The first-order valence-electron chi connectivity index (χ1n) is 7.18. The van der Waals surface area contributed by atoms with Gasteiger partial charge in [-0.25, -0.2) is 0 Å². The van der Waals surface area contributed by atoms with Crippen molar-refractivity contribution in [1.82, 2.24) is 5.32 Å². The van der Waals surface area contributed by atoms with Crippen molar-refractivity contribution in [2.45, 2.75) is 45.7 Å². The SMILES string of the molecule is CC1CC(C)CC(NC(=O)c2ccc(CN)cc2)C1. The number of carbonyl (C=O) groups excluding carboxylic acids is 1. The van der Waals surface area contributed by atoms with Crippen molar-refractivity contribution in [2.24, 2.45) is 17.6 Å². The number of hydrogen-bond donors (Lipinski definition) is 2. The minimum atomic E-state index is 0.0369. The van der Waals surface area contributed by atoms with Gasteiger partial charge in [0, 0.05) is 18.2 Å². The molecule has 2 atom stereocenters. The number of carbonyl (C=O) groups is 1. The topological polar surface area (TPSA) is 55.1 Å². The third kappa shape index (κ3) is 3.80. The van der Waals surface area contributed by atoms with E-state index in [1.807, 2.05) is 24.3 Å². The summed E-state index contributed by atoms with van der Waals surface area (Å²) in [6.07, 6.45) is 3.46. The average molecular weight is 260 g/mol. The highest BCUT2D eigenvalue weighted by molar-refractivity contribution is 5.94. The molecule has 3 nitrogen and oxygen atoms in total. The lowest BCUT2D eigenvalue weighted by Crippen LogP contribution is -2.40. The van der Waals surface area contributed by atoms with Crippen LogP contribution in [-0.4, -0.2) is 11.9 Å². The molecule has 2 unspecified atom stereocenters. The van der Waals surface area contributed by atoms with Crippen LogP contribution in [0.4, 0.5) is 0 Å². The molecule has 0 saturated heterocycles. The number of nitrogens with one attached hydrogen (secondary N) is 1. The van der Waals surface area contributed by atoms with E-state index in [9.17, 15) is 4.79 Å². The zero-order valence-electron chi connectivity index (χ0n) is 11.9. The summed E-state index contributed by atoms with van der Waals surface area (Å²) in [5, 5.41) is 3.16. The fourth-order valence-corrected chi connectivity index (χ4v) is 3.13. The first-order chi connectivity index (χ1) is 9.08. The van der Waals surface area contributed by atoms with E-state index in [1.165, 1.54) is 6.42 Å². The first-order valence-corrected chi connectivity index (χ1v) is 7.18. The highest BCUT2D eigenvalue weighted by Crippen LogP contribution is 2.28. The van der Waals surface area contributed by atoms with Crippen LogP contribution in [0, 0.1) is 11.8 Å². The van der Waals surface area contributed by atoms with E-state index >= 15 is 0 Å². The van der Waals surface area contributed by atoms with Gasteiger partial charge in [-0.05, 0) is 48.8 Å². The molecule has 0 aliphatic heterocycles. The predicted octanol–water partition coefficient (Wildman–Crippen LogP) is 2.70. The summed E-state index contributed by atoms with van der Waals surface area (Å²) in [6.45, 7) is 5.05. The van der Waals surface area contributed by atoms with Crippen LogP contribution in [0.25, 0.3) is 0 Å². The van der Waals surface area contributed by atoms with Crippen molar-refractivity contribution in [2.75, 3.05) is 0 Å². The first kappa shape index (κ1) is 14.1. The summed E-state index contributed by atoms with van der Waals surface area (Å²) in [5.74, 6) is 1.44. The van der Waals surface area contributed by atoms with Gasteiger partial charge in [-0.2, -0.15) is 0 Å². The van der Waals surface area contributed by atoms with Gasteiger partial charge in [0.2, 0.25) is 0 Å². The van der Waals surface area contributed by atoms with Gasteiger partial charge < -0.3 is 11.1 Å². The molecule has 2 rings (SSSR count). The van der Waals surface area contributed by atoms with Crippen molar-refractivity contribution < 1.29 is 4.79 Å². The largest absolute Gasteiger partial charge is 0.349 e. The molecule has 1 aromatic rings. The second kappa shape index (κ2) is 6.20. The van der Waals surface area contributed by atoms with Gasteiger partial charge in [-0.3, -0.25) is 4.79 Å². The monoisotopic (exact) mass is 260 g/mol. The van der Waals surface area contributed by atoms with E-state index in [2.05, 4.69) is 19.2 Å². The molecule has 1 aliphatic carbocycles. The molecule has 0 bridgehead atoms. The van der Waals surface area contributed by atoms with Crippen LogP contribution in [0.5, 0.6) is 0 Å². The second-order valence-corrected chi connectivity index (χ2v) is 5.99. The fraction of sp³-hybridized carbons (Fsp3) is 0.562. The number of rotatable bonds is 3. The fourth-order valence-electron chi connectivity index (χ4n) is 3.13. The van der Waals surface area contributed by atoms with E-state index in [0.29, 0.717) is 24.4 Å². The summed E-state index contributed by atoms with van der Waals surface area (Å²) in [5.41, 5.74) is 7.33. The number of nitrogens with two attached hydrogens (primary N) is 1. The van der Waals surface area contributed by atoms with Crippen LogP contribution in [-0.2, 0) is 6.54 Å². The lowest BCUT2D eigenvalue weighted by molar-refractivity contribution is 0.0911. The minimum absolute atomic E-state index is 0.0369. The Labute approximate surface area is 115 Å². The highest BCUT2D eigenvalue weighted by atomic mass is 16.1. The zero-order valence-corrected chi connectivity index (χ0v) is 11.9. The van der Waals surface area contributed by atoms with Crippen LogP contribution < -0.4 is 11.1 Å². The molecular formula is C16H24N2O. The number of amides is 1. The molecule has 1 aliphatic rings. The summed E-state index contributed by atoms with van der Waals surface area (Å²) in [6, 6.07) is 7.86. The van der Waals surface area contributed by atoms with Gasteiger partial charge >= 0.3 is 0 Å². The Morgan fingerprint density at radius 1 is 1.16 bits per heavy atom. The molecule has 0 spiro atoms. The minimum Gasteiger partial charge on any atom is -0.349 e. The van der Waals surface area contributed by atoms with E-state index in [-0.39, 0.29) is 5.91 Å². The molecule has 19 heavy (non-hydrogen) atoms. The predicted molar refractivity (Wildman–Crippen MR) is 77.8 cm³/mol. The van der Waals surface area contributed by atoms with Crippen LogP contribution in [0.1, 0.15) is 49.0 Å². The Morgan fingerprint density at radius 2 is 1.74 bits per heavy atom. The van der Waals surface area contributed by atoms with Gasteiger partial charge in [0.05, 0.1) is 0 Å². The molecule has 1 amide bonds. The summed E-state index contributed by atoms with van der Waals surface area (Å²) < 4.78 is 0. The van der Waals surface area contributed by atoms with Crippen LogP contribution in [0.15, 0.2) is 24.3 Å². The molecule has 3 heteroatoms. The molecule has 1 aromatic carbocycles. The average Bonchev–Trinajstić information content (AvgIpc) is 2.37. The maximum atomic E-state index is 12.2. The van der Waals surface area contributed by atoms with Crippen molar-refractivity contribution in [3.8, 4) is 0 Å². The van der Waals surface area contributed by atoms with Crippen LogP contribution >= 0.6 is 0 Å². The van der Waals surface area contributed by atoms with Crippen LogP contribution in [0.2, 0.25) is 0 Å². The van der Waals surface area contributed by atoms with Crippen molar-refractivity contribution in [3.05, 3.63) is 35.4 Å². The molecule has 0 radical (unpaired) electrons. The molecule has 104 valence electrons. The lowest BCUT2D eigenvalue weighted by atomic mass is 9.80. The molecule has 1 fully saturated rings. The third-order valence-electron chi connectivity index (χ3n) is 3.97. The Balaban J connectivity index is 1.96. The smallest absolute Gasteiger partial charge is 0.251 e. The summed E-state index contributed by atoms with van der Waals surface area (Å²) in [4.78, 5) is 12.2. The Kier molecular flexibility index (Phi) is 4.59. The summed E-state index contributed by atoms with van der Waals surface area (Å²) in [7, 11) is 0. The molecule has 0 aromatic heterocycles. The maximum Gasteiger partial charge on any atom is 0.251 e. The Morgan fingerprint density at radius 3 is 2.26 bits per heavy atom. The van der Waals surface area contributed by atoms with Gasteiger partial charge in [0.25, 0.3) is 5.91 Å². The normalized spacial score (nSPS) is 27.0.